The Morgan fingerprint density at radius 2 is 2.06 bits per heavy atom. The number of aryl methyl sites for hydroxylation is 1. The summed E-state index contributed by atoms with van der Waals surface area (Å²) >= 11 is 0. The molecule has 2 nitrogen and oxygen atoms in total. The number of hydrogen-bond donors (Lipinski definition) is 2. The Kier molecular flexibility index (Phi) is 6.21. The monoisotopic (exact) mass is 231 g/mol. The van der Waals surface area contributed by atoms with E-state index in [-0.39, 0.29) is 0 Å². The first-order chi connectivity index (χ1) is 8.22. The third-order valence-corrected chi connectivity index (χ3v) is 2.79. The maximum absolute atomic E-state index is 9.17. The minimum absolute atomic E-state index is 0.328. The lowest BCUT2D eigenvalue weighted by Gasteiger charge is -2.13. The minimum atomic E-state index is 0.328. The molecule has 0 amide bonds. The van der Waals surface area contributed by atoms with Gasteiger partial charge in [0.15, 0.2) is 0 Å². The molecule has 1 atom stereocenters. The largest absolute Gasteiger partial charge is 0.508 e. The number of phenols is 1. The van der Waals surface area contributed by atoms with Crippen molar-refractivity contribution in [1.82, 2.24) is 5.32 Å². The second kappa shape index (κ2) is 7.76. The lowest BCUT2D eigenvalue weighted by Crippen LogP contribution is -2.27. The van der Waals surface area contributed by atoms with Crippen molar-refractivity contribution in [1.29, 1.82) is 0 Å². The Bertz CT molecular complexity index is 350. The zero-order chi connectivity index (χ0) is 12.5. The number of unbranched alkanes of at least 4 members (excludes halogenated alkanes) is 1. The predicted molar refractivity (Wildman–Crippen MR) is 72.0 cm³/mol. The molecule has 0 heterocycles. The van der Waals surface area contributed by atoms with Crippen LogP contribution in [0.3, 0.4) is 0 Å². The van der Waals surface area contributed by atoms with Crippen LogP contribution in [-0.4, -0.2) is 17.7 Å². The van der Waals surface area contributed by atoms with E-state index in [1.54, 1.807) is 12.1 Å². The summed E-state index contributed by atoms with van der Waals surface area (Å²) in [5, 5.41) is 12.6. The van der Waals surface area contributed by atoms with E-state index in [0.29, 0.717) is 11.8 Å². The van der Waals surface area contributed by atoms with Crippen LogP contribution in [0, 0.1) is 12.3 Å². The first kappa shape index (κ1) is 13.6. The Morgan fingerprint density at radius 3 is 2.71 bits per heavy atom. The molecule has 0 aliphatic heterocycles. The van der Waals surface area contributed by atoms with Crippen LogP contribution in [0.2, 0.25) is 0 Å². The summed E-state index contributed by atoms with van der Waals surface area (Å²) in [4.78, 5) is 0. The van der Waals surface area contributed by atoms with E-state index >= 15 is 0 Å². The van der Waals surface area contributed by atoms with Crippen LogP contribution in [0.15, 0.2) is 24.3 Å². The fraction of sp³-hybridized carbons (Fsp3) is 0.467. The van der Waals surface area contributed by atoms with Gasteiger partial charge in [-0.1, -0.05) is 12.1 Å². The molecular weight excluding hydrogens is 210 g/mol. The molecule has 17 heavy (non-hydrogen) atoms. The van der Waals surface area contributed by atoms with Crippen LogP contribution in [0.1, 0.15) is 31.7 Å². The lowest BCUT2D eigenvalue weighted by atomic mass is 10.1. The molecule has 2 heteroatoms. The van der Waals surface area contributed by atoms with Gasteiger partial charge in [0.05, 0.1) is 0 Å². The standard InChI is InChI=1S/C15H21NO/c1-3-4-5-12-16-13(2)6-7-14-8-10-15(17)11-9-14/h1,8-11,13,16-17H,4-7,12H2,2H3. The molecule has 0 aliphatic carbocycles. The van der Waals surface area contributed by atoms with Gasteiger partial charge in [-0.15, -0.1) is 12.3 Å². The molecule has 92 valence electrons. The van der Waals surface area contributed by atoms with Crippen LogP contribution in [-0.2, 0) is 6.42 Å². The smallest absolute Gasteiger partial charge is 0.115 e. The van der Waals surface area contributed by atoms with E-state index in [0.717, 1.165) is 32.2 Å². The third-order valence-electron chi connectivity index (χ3n) is 2.79. The van der Waals surface area contributed by atoms with Crippen molar-refractivity contribution in [3.05, 3.63) is 29.8 Å². The highest BCUT2D eigenvalue weighted by atomic mass is 16.3. The molecule has 0 saturated carbocycles. The maximum Gasteiger partial charge on any atom is 0.115 e. The average Bonchev–Trinajstić information content (AvgIpc) is 2.34. The van der Waals surface area contributed by atoms with Crippen LogP contribution in [0.5, 0.6) is 5.75 Å². The summed E-state index contributed by atoms with van der Waals surface area (Å²) in [6, 6.07) is 7.92. The highest BCUT2D eigenvalue weighted by molar-refractivity contribution is 5.25. The van der Waals surface area contributed by atoms with E-state index in [2.05, 4.69) is 18.2 Å². The van der Waals surface area contributed by atoms with Crippen molar-refractivity contribution >= 4 is 0 Å². The Balaban J connectivity index is 2.17. The molecule has 1 aromatic rings. The van der Waals surface area contributed by atoms with Gasteiger partial charge in [0, 0.05) is 12.5 Å². The van der Waals surface area contributed by atoms with Crippen LogP contribution in [0.25, 0.3) is 0 Å². The van der Waals surface area contributed by atoms with Crippen molar-refractivity contribution in [2.75, 3.05) is 6.54 Å². The SMILES string of the molecule is C#CCCCNC(C)CCc1ccc(O)cc1. The van der Waals surface area contributed by atoms with Gasteiger partial charge in [-0.25, -0.2) is 0 Å². The molecule has 0 spiro atoms. The molecule has 1 unspecified atom stereocenters. The number of nitrogens with one attached hydrogen (secondary N) is 1. The highest BCUT2D eigenvalue weighted by Crippen LogP contribution is 2.11. The predicted octanol–water partition coefficient (Wildman–Crippen LogP) is 2.72. The topological polar surface area (TPSA) is 32.3 Å². The summed E-state index contributed by atoms with van der Waals surface area (Å²) in [5.41, 5.74) is 1.26. The van der Waals surface area contributed by atoms with Crippen LogP contribution in [0.4, 0.5) is 0 Å². The number of benzene rings is 1. The number of aromatic hydroxyl groups is 1. The molecule has 0 aliphatic rings. The van der Waals surface area contributed by atoms with Gasteiger partial charge in [-0.2, -0.15) is 0 Å². The van der Waals surface area contributed by atoms with Gasteiger partial charge in [0.25, 0.3) is 0 Å². The van der Waals surface area contributed by atoms with Crippen molar-refractivity contribution in [3.8, 4) is 18.1 Å². The molecule has 0 bridgehead atoms. The molecular formula is C15H21NO. The van der Waals surface area contributed by atoms with Crippen molar-refractivity contribution in [2.45, 2.75) is 38.6 Å². The summed E-state index contributed by atoms with van der Waals surface area (Å²) in [5.74, 6) is 2.97. The molecule has 1 aromatic carbocycles. The quantitative estimate of drug-likeness (QED) is 0.558. The van der Waals surface area contributed by atoms with E-state index in [1.165, 1.54) is 5.56 Å². The van der Waals surface area contributed by atoms with Crippen LogP contribution < -0.4 is 5.32 Å². The van der Waals surface area contributed by atoms with E-state index in [1.807, 2.05) is 12.1 Å². The van der Waals surface area contributed by atoms with E-state index in [4.69, 9.17) is 6.42 Å². The Morgan fingerprint density at radius 1 is 1.35 bits per heavy atom. The number of rotatable bonds is 7. The van der Waals surface area contributed by atoms with Gasteiger partial charge < -0.3 is 10.4 Å². The Labute approximate surface area is 104 Å². The maximum atomic E-state index is 9.17. The number of terminal acetylenes is 1. The van der Waals surface area contributed by atoms with Gasteiger partial charge in [-0.05, 0) is 50.4 Å². The van der Waals surface area contributed by atoms with Gasteiger partial charge in [0.1, 0.15) is 5.75 Å². The van der Waals surface area contributed by atoms with Crippen LogP contribution >= 0.6 is 0 Å². The highest BCUT2D eigenvalue weighted by Gasteiger charge is 2.01. The molecule has 0 aromatic heterocycles. The molecule has 0 fully saturated rings. The average molecular weight is 231 g/mol. The second-order valence-corrected chi connectivity index (χ2v) is 4.37. The van der Waals surface area contributed by atoms with Crippen molar-refractivity contribution < 1.29 is 5.11 Å². The molecule has 2 N–H and O–H groups in total. The summed E-state index contributed by atoms with van der Waals surface area (Å²) in [6.07, 6.45) is 9.21. The zero-order valence-corrected chi connectivity index (χ0v) is 10.4. The van der Waals surface area contributed by atoms with E-state index < -0.39 is 0 Å². The first-order valence-corrected chi connectivity index (χ1v) is 6.17. The third kappa shape index (κ3) is 5.99. The van der Waals surface area contributed by atoms with E-state index in [9.17, 15) is 5.11 Å². The normalized spacial score (nSPS) is 12.0. The van der Waals surface area contributed by atoms with Crippen molar-refractivity contribution in [2.24, 2.45) is 0 Å². The fourth-order valence-electron chi connectivity index (χ4n) is 1.69. The second-order valence-electron chi connectivity index (χ2n) is 4.37. The van der Waals surface area contributed by atoms with Gasteiger partial charge in [0.2, 0.25) is 0 Å². The summed E-state index contributed by atoms with van der Waals surface area (Å²) in [6.45, 7) is 3.18. The molecule has 1 rings (SSSR count). The summed E-state index contributed by atoms with van der Waals surface area (Å²) in [7, 11) is 0. The Hall–Kier alpha value is -1.46. The number of phenolic OH excluding ortho intramolecular Hbond substituents is 1. The van der Waals surface area contributed by atoms with Gasteiger partial charge >= 0.3 is 0 Å². The first-order valence-electron chi connectivity index (χ1n) is 6.17. The lowest BCUT2D eigenvalue weighted by molar-refractivity contribution is 0.474. The zero-order valence-electron chi connectivity index (χ0n) is 10.4. The molecule has 0 saturated heterocycles. The minimum Gasteiger partial charge on any atom is -0.508 e. The summed E-state index contributed by atoms with van der Waals surface area (Å²) < 4.78 is 0. The fourth-order valence-corrected chi connectivity index (χ4v) is 1.69. The molecule has 0 radical (unpaired) electrons. The van der Waals surface area contributed by atoms with Gasteiger partial charge in [-0.3, -0.25) is 0 Å². The van der Waals surface area contributed by atoms with Crippen molar-refractivity contribution in [3.63, 3.8) is 0 Å². The number of hydrogen-bond acceptors (Lipinski definition) is 2.